The number of nitrogens with one attached hydrogen (secondary N) is 3. The molecule has 294 valence electrons. The summed E-state index contributed by atoms with van der Waals surface area (Å²) in [5, 5.41) is 22.6. The standard InChI is InChI=1S/C40H50N6O8S/c1-23(2)41-38-43-32(22-55-38)31-19-34(28-16-15-26(52-3)17-30(28)42-31)53-27-18-33-35(47)45-40(37(49)50)20-24(40)11-7-5-4-6-8-14-29(36(48)46(33)21-27)44-39(51)54-25-12-9-10-13-25/h7,11,15-17,19,22-25,27,29,33H,4-6,8-10,12-14,18,20-21H2,1-3H3,(H,41,43)(H,44,51)(H,45,47)(H,49,50). The molecule has 1 aromatic carbocycles. The minimum Gasteiger partial charge on any atom is -0.497 e. The number of anilines is 1. The molecule has 0 bridgehead atoms. The first kappa shape index (κ1) is 38.4. The minimum absolute atomic E-state index is 0.0324. The molecule has 4 N–H and O–H groups in total. The highest BCUT2D eigenvalue weighted by atomic mass is 32.1. The number of carbonyl (C=O) groups is 4. The summed E-state index contributed by atoms with van der Waals surface area (Å²) in [5.74, 6) is -1.37. The molecule has 2 aromatic heterocycles. The SMILES string of the molecule is COc1ccc2c(OC3CC4C(=O)NC5(C(=O)O)CC5C=CCCCCCC(NC(=O)OC5CCCC5)C(=O)N4C3)cc(-c3csc(NC(C)C)n3)nc2c1. The number of rotatable bonds is 9. The third-order valence-corrected chi connectivity index (χ3v) is 11.7. The predicted octanol–water partition coefficient (Wildman–Crippen LogP) is 6.05. The second-order valence-electron chi connectivity index (χ2n) is 15.4. The van der Waals surface area contributed by atoms with Crippen molar-refractivity contribution in [3.05, 3.63) is 41.8 Å². The maximum atomic E-state index is 14.5. The summed E-state index contributed by atoms with van der Waals surface area (Å²) in [4.78, 5) is 65.5. The van der Waals surface area contributed by atoms with Crippen LogP contribution in [0.25, 0.3) is 22.3 Å². The van der Waals surface area contributed by atoms with E-state index in [-0.39, 0.29) is 37.5 Å². The van der Waals surface area contributed by atoms with Crippen LogP contribution in [0, 0.1) is 5.92 Å². The van der Waals surface area contributed by atoms with Crippen molar-refractivity contribution in [1.82, 2.24) is 25.5 Å². The number of pyridine rings is 1. The maximum absolute atomic E-state index is 14.5. The van der Waals surface area contributed by atoms with Gasteiger partial charge in [0.05, 0.1) is 24.9 Å². The van der Waals surface area contributed by atoms with Gasteiger partial charge >= 0.3 is 12.1 Å². The fourth-order valence-electron chi connectivity index (χ4n) is 7.90. The molecule has 55 heavy (non-hydrogen) atoms. The van der Waals surface area contributed by atoms with E-state index in [9.17, 15) is 24.3 Å². The Kier molecular flexibility index (Phi) is 11.5. The number of aliphatic carboxylic acids is 1. The van der Waals surface area contributed by atoms with Gasteiger partial charge in [0.1, 0.15) is 47.0 Å². The molecule has 4 heterocycles. The van der Waals surface area contributed by atoms with E-state index in [0.717, 1.165) is 50.1 Å². The van der Waals surface area contributed by atoms with Crippen LogP contribution >= 0.6 is 11.3 Å². The monoisotopic (exact) mass is 774 g/mol. The molecule has 5 atom stereocenters. The number of amides is 3. The van der Waals surface area contributed by atoms with E-state index >= 15 is 0 Å². The number of benzene rings is 1. The van der Waals surface area contributed by atoms with E-state index in [1.54, 1.807) is 7.11 Å². The van der Waals surface area contributed by atoms with Gasteiger partial charge in [-0.2, -0.15) is 0 Å². The highest BCUT2D eigenvalue weighted by Gasteiger charge is 2.61. The molecule has 15 heteroatoms. The molecular weight excluding hydrogens is 725 g/mol. The molecule has 3 aromatic rings. The van der Waals surface area contributed by atoms with Gasteiger partial charge < -0.3 is 40.2 Å². The number of ether oxygens (including phenoxy) is 3. The number of carboxylic acids is 1. The van der Waals surface area contributed by atoms with Crippen LogP contribution in [0.2, 0.25) is 0 Å². The molecule has 7 rings (SSSR count). The highest BCUT2D eigenvalue weighted by Crippen LogP contribution is 2.45. The number of thiazole rings is 1. The summed E-state index contributed by atoms with van der Waals surface area (Å²) in [7, 11) is 1.58. The fraction of sp³-hybridized carbons (Fsp3) is 0.550. The van der Waals surface area contributed by atoms with Crippen molar-refractivity contribution in [2.45, 2.75) is 120 Å². The average molecular weight is 775 g/mol. The van der Waals surface area contributed by atoms with Gasteiger partial charge in [-0.15, -0.1) is 11.3 Å². The fourth-order valence-corrected chi connectivity index (χ4v) is 8.75. The van der Waals surface area contributed by atoms with E-state index in [0.29, 0.717) is 46.6 Å². The van der Waals surface area contributed by atoms with Gasteiger partial charge in [-0.25, -0.2) is 19.6 Å². The van der Waals surface area contributed by atoms with E-state index in [1.165, 1.54) is 16.2 Å². The van der Waals surface area contributed by atoms with Crippen LogP contribution in [-0.4, -0.2) is 93.4 Å². The van der Waals surface area contributed by atoms with E-state index in [4.69, 9.17) is 24.2 Å². The summed E-state index contributed by atoms with van der Waals surface area (Å²) in [5.41, 5.74) is 0.394. The van der Waals surface area contributed by atoms with Crippen molar-refractivity contribution in [1.29, 1.82) is 0 Å². The first-order valence-electron chi connectivity index (χ1n) is 19.4. The number of methoxy groups -OCH3 is 1. The number of alkyl carbamates (subject to hydrolysis) is 1. The van der Waals surface area contributed by atoms with Crippen molar-refractivity contribution in [3.63, 3.8) is 0 Å². The molecule has 14 nitrogen and oxygen atoms in total. The minimum atomic E-state index is -1.45. The molecule has 3 amide bonds. The maximum Gasteiger partial charge on any atom is 0.408 e. The second-order valence-corrected chi connectivity index (χ2v) is 16.2. The summed E-state index contributed by atoms with van der Waals surface area (Å²) in [6, 6.07) is 5.50. The Balaban J connectivity index is 1.20. The molecule has 4 aliphatic rings. The molecule has 1 saturated heterocycles. The average Bonchev–Trinajstić information content (AvgIpc) is 3.58. The predicted molar refractivity (Wildman–Crippen MR) is 207 cm³/mol. The van der Waals surface area contributed by atoms with Crippen LogP contribution in [0.4, 0.5) is 9.93 Å². The van der Waals surface area contributed by atoms with Crippen LogP contribution in [-0.2, 0) is 19.1 Å². The van der Waals surface area contributed by atoms with Gasteiger partial charge in [-0.05, 0) is 77.3 Å². The lowest BCUT2D eigenvalue weighted by Crippen LogP contribution is -2.56. The zero-order valence-electron chi connectivity index (χ0n) is 31.5. The Hall–Kier alpha value is -4.92. The van der Waals surface area contributed by atoms with Crippen molar-refractivity contribution in [3.8, 4) is 22.9 Å². The molecule has 2 aliphatic carbocycles. The number of hydrogen-bond acceptors (Lipinski definition) is 11. The van der Waals surface area contributed by atoms with Crippen molar-refractivity contribution in [2.24, 2.45) is 5.92 Å². The molecule has 0 spiro atoms. The number of fused-ring (bicyclic) bond motifs is 3. The summed E-state index contributed by atoms with van der Waals surface area (Å²) >= 11 is 1.47. The molecule has 2 saturated carbocycles. The van der Waals surface area contributed by atoms with Crippen molar-refractivity contribution < 1.29 is 38.5 Å². The quantitative estimate of drug-likeness (QED) is 0.186. The second kappa shape index (κ2) is 16.4. The Morgan fingerprint density at radius 2 is 1.84 bits per heavy atom. The molecule has 3 fully saturated rings. The summed E-state index contributed by atoms with van der Waals surface area (Å²) in [6.45, 7) is 4.11. The van der Waals surface area contributed by atoms with Gasteiger partial charge in [0.15, 0.2) is 5.13 Å². The topological polar surface area (TPSA) is 181 Å². The van der Waals surface area contributed by atoms with Gasteiger partial charge in [0.25, 0.3) is 0 Å². The lowest BCUT2D eigenvalue weighted by molar-refractivity contribution is -0.145. The number of carbonyl (C=O) groups excluding carboxylic acids is 3. The zero-order chi connectivity index (χ0) is 38.7. The van der Waals surface area contributed by atoms with E-state index in [1.807, 2.05) is 55.6 Å². The van der Waals surface area contributed by atoms with Crippen LogP contribution in [0.3, 0.4) is 0 Å². The van der Waals surface area contributed by atoms with Crippen LogP contribution in [0.15, 0.2) is 41.8 Å². The Morgan fingerprint density at radius 3 is 2.60 bits per heavy atom. The number of aromatic nitrogens is 2. The molecule has 2 aliphatic heterocycles. The van der Waals surface area contributed by atoms with Crippen molar-refractivity contribution in [2.75, 3.05) is 19.0 Å². The summed E-state index contributed by atoms with van der Waals surface area (Å²) < 4.78 is 17.9. The number of hydrogen-bond donors (Lipinski definition) is 4. The van der Waals surface area contributed by atoms with Crippen LogP contribution < -0.4 is 25.4 Å². The smallest absolute Gasteiger partial charge is 0.408 e. The molecule has 0 radical (unpaired) electrons. The van der Waals surface area contributed by atoms with Crippen molar-refractivity contribution >= 4 is 51.2 Å². The zero-order valence-corrected chi connectivity index (χ0v) is 32.4. The van der Waals surface area contributed by atoms with Gasteiger partial charge in [-0.3, -0.25) is 9.59 Å². The van der Waals surface area contributed by atoms with Crippen LogP contribution in [0.5, 0.6) is 11.5 Å². The largest absolute Gasteiger partial charge is 0.497 e. The lowest BCUT2D eigenvalue weighted by Gasteiger charge is -2.29. The van der Waals surface area contributed by atoms with E-state index in [2.05, 4.69) is 16.0 Å². The van der Waals surface area contributed by atoms with Gasteiger partial charge in [-0.1, -0.05) is 25.0 Å². The lowest BCUT2D eigenvalue weighted by atomic mass is 10.0. The molecular formula is C40H50N6O8S. The van der Waals surface area contributed by atoms with Gasteiger partial charge in [0, 0.05) is 41.3 Å². The highest BCUT2D eigenvalue weighted by molar-refractivity contribution is 7.14. The van der Waals surface area contributed by atoms with E-state index < -0.39 is 47.6 Å². The number of carboxylic acid groups (broad SMARTS) is 1. The molecule has 5 unspecified atom stereocenters. The first-order chi connectivity index (χ1) is 26.5. The summed E-state index contributed by atoms with van der Waals surface area (Å²) in [6.07, 6.45) is 9.71. The first-order valence-corrected chi connectivity index (χ1v) is 20.3. The number of nitrogens with zero attached hydrogens (tertiary/aromatic N) is 3. The van der Waals surface area contributed by atoms with Gasteiger partial charge in [0.2, 0.25) is 11.8 Å². The third-order valence-electron chi connectivity index (χ3n) is 10.9. The number of allylic oxidation sites excluding steroid dienone is 1. The Labute approximate surface area is 324 Å². The normalized spacial score (nSPS) is 26.1. The Morgan fingerprint density at radius 1 is 1.04 bits per heavy atom. The Bertz CT molecular complexity index is 1940. The third kappa shape index (κ3) is 8.66. The van der Waals surface area contributed by atoms with Crippen LogP contribution in [0.1, 0.15) is 84.5 Å².